The van der Waals surface area contributed by atoms with Gasteiger partial charge in [-0.1, -0.05) is 0 Å². The number of ether oxygens (including phenoxy) is 2. The molecular weight excluding hydrogens is 300 g/mol. The summed E-state index contributed by atoms with van der Waals surface area (Å²) < 4.78 is 81.7. The van der Waals surface area contributed by atoms with Crippen molar-refractivity contribution in [1.29, 1.82) is 0 Å². The minimum Gasteiger partial charge on any atom is -0.491 e. The van der Waals surface area contributed by atoms with Gasteiger partial charge in [0.15, 0.2) is 17.2 Å². The van der Waals surface area contributed by atoms with Gasteiger partial charge in [0.05, 0.1) is 7.11 Å². The zero-order chi connectivity index (χ0) is 15.7. The summed E-state index contributed by atoms with van der Waals surface area (Å²) in [6.45, 7) is 0. The van der Waals surface area contributed by atoms with Crippen LogP contribution in [-0.2, 0) is 6.18 Å². The lowest BCUT2D eigenvalue weighted by Crippen LogP contribution is -2.22. The van der Waals surface area contributed by atoms with Crippen LogP contribution in [0, 0.1) is 0 Å². The first-order chi connectivity index (χ1) is 8.97. The first-order valence-corrected chi connectivity index (χ1v) is 4.60. The fourth-order valence-corrected chi connectivity index (χ4v) is 1.24. The maximum absolute atomic E-state index is 12.6. The molecule has 0 aliphatic heterocycles. The van der Waals surface area contributed by atoms with Gasteiger partial charge in [-0.2, -0.15) is 13.2 Å². The van der Waals surface area contributed by atoms with Crippen molar-refractivity contribution in [2.24, 2.45) is 0 Å². The zero-order valence-corrected chi connectivity index (χ0v) is 9.46. The molecule has 11 heteroatoms. The molecule has 1 rings (SSSR count). The smallest absolute Gasteiger partial charge is 0.491 e. The second-order valence-electron chi connectivity index (χ2n) is 3.23. The Bertz CT molecular complexity index is 524. The van der Waals surface area contributed by atoms with Gasteiger partial charge in [0.2, 0.25) is 0 Å². The summed E-state index contributed by atoms with van der Waals surface area (Å²) in [5.41, 5.74) is -3.04. The molecule has 0 atom stereocenters. The summed E-state index contributed by atoms with van der Waals surface area (Å²) in [4.78, 5) is 13.6. The van der Waals surface area contributed by atoms with Gasteiger partial charge in [0, 0.05) is 6.20 Å². The maximum Gasteiger partial charge on any atom is 0.573 e. The summed E-state index contributed by atoms with van der Waals surface area (Å²) in [6.07, 6.45) is -10.8. The highest BCUT2D eigenvalue weighted by atomic mass is 19.4. The molecule has 0 radical (unpaired) electrons. The molecule has 0 bridgehead atoms. The monoisotopic (exact) mass is 305 g/mol. The lowest BCUT2D eigenvalue weighted by Gasteiger charge is -2.18. The standard InChI is InChI=1S/C9H5F6NO4/c1-19-6-4(7(17)18)16-2-3(8(10,11)12)5(6)20-9(13,14)15/h2H,1H3,(H,17,18). The van der Waals surface area contributed by atoms with Crippen LogP contribution in [0.3, 0.4) is 0 Å². The molecule has 0 spiro atoms. The van der Waals surface area contributed by atoms with Gasteiger partial charge in [-0.15, -0.1) is 13.2 Å². The minimum absolute atomic E-state index is 0.0763. The van der Waals surface area contributed by atoms with Crippen molar-refractivity contribution in [2.75, 3.05) is 7.11 Å². The molecule has 0 saturated carbocycles. The van der Waals surface area contributed by atoms with Crippen LogP contribution in [0.4, 0.5) is 26.3 Å². The molecule has 1 aromatic heterocycles. The lowest BCUT2D eigenvalue weighted by molar-refractivity contribution is -0.276. The fourth-order valence-electron chi connectivity index (χ4n) is 1.24. The number of hydrogen-bond donors (Lipinski definition) is 1. The van der Waals surface area contributed by atoms with Crippen LogP contribution in [0.5, 0.6) is 11.5 Å². The Morgan fingerprint density at radius 1 is 1.20 bits per heavy atom. The van der Waals surface area contributed by atoms with E-state index >= 15 is 0 Å². The van der Waals surface area contributed by atoms with Crippen LogP contribution in [0.15, 0.2) is 6.20 Å². The Balaban J connectivity index is 3.60. The van der Waals surface area contributed by atoms with Gasteiger partial charge in [-0.3, -0.25) is 0 Å². The van der Waals surface area contributed by atoms with E-state index in [1.165, 1.54) is 0 Å². The Kier molecular flexibility index (Phi) is 4.01. The molecule has 0 unspecified atom stereocenters. The van der Waals surface area contributed by atoms with Crippen LogP contribution >= 0.6 is 0 Å². The number of carboxylic acid groups (broad SMARTS) is 1. The van der Waals surface area contributed by atoms with Crippen LogP contribution < -0.4 is 9.47 Å². The third-order valence-corrected chi connectivity index (χ3v) is 1.92. The van der Waals surface area contributed by atoms with E-state index in [1.54, 1.807) is 0 Å². The van der Waals surface area contributed by atoms with Crippen molar-refractivity contribution >= 4 is 5.97 Å². The highest BCUT2D eigenvalue weighted by Gasteiger charge is 2.43. The molecule has 112 valence electrons. The predicted molar refractivity (Wildman–Crippen MR) is 49.4 cm³/mol. The van der Waals surface area contributed by atoms with E-state index < -0.39 is 41.3 Å². The topological polar surface area (TPSA) is 68.7 Å². The van der Waals surface area contributed by atoms with Crippen molar-refractivity contribution in [2.45, 2.75) is 12.5 Å². The number of hydrogen-bond acceptors (Lipinski definition) is 4. The maximum atomic E-state index is 12.6. The van der Waals surface area contributed by atoms with E-state index in [-0.39, 0.29) is 6.20 Å². The summed E-state index contributed by atoms with van der Waals surface area (Å²) in [5.74, 6) is -4.95. The van der Waals surface area contributed by atoms with Crippen molar-refractivity contribution < 1.29 is 45.7 Å². The van der Waals surface area contributed by atoms with Crippen LogP contribution in [-0.4, -0.2) is 29.5 Å². The molecule has 20 heavy (non-hydrogen) atoms. The lowest BCUT2D eigenvalue weighted by atomic mass is 10.2. The van der Waals surface area contributed by atoms with E-state index in [4.69, 9.17) is 5.11 Å². The minimum atomic E-state index is -5.47. The number of halogens is 6. The fraction of sp³-hybridized carbons (Fsp3) is 0.333. The first kappa shape index (κ1) is 15.9. The number of carboxylic acids is 1. The number of carbonyl (C=O) groups is 1. The summed E-state index contributed by atoms with van der Waals surface area (Å²) in [6, 6.07) is 0. The zero-order valence-electron chi connectivity index (χ0n) is 9.46. The molecule has 1 heterocycles. The van der Waals surface area contributed by atoms with Crippen LogP contribution in [0.1, 0.15) is 16.1 Å². The van der Waals surface area contributed by atoms with Gasteiger partial charge in [-0.05, 0) is 0 Å². The number of aromatic nitrogens is 1. The van der Waals surface area contributed by atoms with Gasteiger partial charge < -0.3 is 14.6 Å². The molecule has 0 aromatic carbocycles. The van der Waals surface area contributed by atoms with Crippen molar-refractivity contribution in [3.63, 3.8) is 0 Å². The Hall–Kier alpha value is -2.20. The number of methoxy groups -OCH3 is 1. The van der Waals surface area contributed by atoms with Crippen LogP contribution in [0.25, 0.3) is 0 Å². The SMILES string of the molecule is COc1c(C(=O)O)ncc(C(F)(F)F)c1OC(F)(F)F. The molecule has 0 aliphatic carbocycles. The van der Waals surface area contributed by atoms with E-state index in [2.05, 4.69) is 14.5 Å². The average Bonchev–Trinajstić information content (AvgIpc) is 2.24. The molecule has 0 amide bonds. The second-order valence-corrected chi connectivity index (χ2v) is 3.23. The van der Waals surface area contributed by atoms with Crippen molar-refractivity contribution in [1.82, 2.24) is 4.98 Å². The highest BCUT2D eigenvalue weighted by Crippen LogP contribution is 2.44. The molecule has 0 aliphatic rings. The van der Waals surface area contributed by atoms with E-state index in [0.29, 0.717) is 7.11 Å². The summed E-state index contributed by atoms with van der Waals surface area (Å²) in [5, 5.41) is 8.65. The number of alkyl halides is 6. The third-order valence-electron chi connectivity index (χ3n) is 1.92. The van der Waals surface area contributed by atoms with Crippen molar-refractivity contribution in [3.8, 4) is 11.5 Å². The van der Waals surface area contributed by atoms with Gasteiger partial charge >= 0.3 is 18.5 Å². The normalized spacial score (nSPS) is 12.2. The van der Waals surface area contributed by atoms with Gasteiger partial charge in [0.1, 0.15) is 5.56 Å². The molecule has 0 saturated heterocycles. The van der Waals surface area contributed by atoms with Gasteiger partial charge in [-0.25, -0.2) is 9.78 Å². The molecule has 0 fully saturated rings. The first-order valence-electron chi connectivity index (χ1n) is 4.60. The second kappa shape index (κ2) is 5.06. The van der Waals surface area contributed by atoms with E-state index in [9.17, 15) is 31.1 Å². The Labute approximate surface area is 106 Å². The predicted octanol–water partition coefficient (Wildman–Crippen LogP) is 2.71. The van der Waals surface area contributed by atoms with Gasteiger partial charge in [0.25, 0.3) is 0 Å². The Morgan fingerprint density at radius 2 is 1.75 bits per heavy atom. The third kappa shape index (κ3) is 3.42. The molecule has 5 nitrogen and oxygen atoms in total. The van der Waals surface area contributed by atoms with Crippen LogP contribution in [0.2, 0.25) is 0 Å². The summed E-state index contributed by atoms with van der Waals surface area (Å²) >= 11 is 0. The van der Waals surface area contributed by atoms with E-state index in [0.717, 1.165) is 0 Å². The number of aromatic carboxylic acids is 1. The number of nitrogens with zero attached hydrogens (tertiary/aromatic N) is 1. The average molecular weight is 305 g/mol. The highest BCUT2D eigenvalue weighted by molar-refractivity contribution is 5.90. The summed E-state index contributed by atoms with van der Waals surface area (Å²) in [7, 11) is 0.687. The van der Waals surface area contributed by atoms with Crippen molar-refractivity contribution in [3.05, 3.63) is 17.5 Å². The number of pyridine rings is 1. The van der Waals surface area contributed by atoms with E-state index in [1.807, 2.05) is 0 Å². The molecular formula is C9H5F6NO4. The number of rotatable bonds is 3. The largest absolute Gasteiger partial charge is 0.573 e. The quantitative estimate of drug-likeness (QED) is 0.870. The molecule has 1 N–H and O–H groups in total. The molecule has 1 aromatic rings. The Morgan fingerprint density at radius 3 is 2.10 bits per heavy atom.